The Hall–Kier alpha value is -0.200. The third-order valence-corrected chi connectivity index (χ3v) is 3.62. The molecule has 0 aromatic carbocycles. The van der Waals surface area contributed by atoms with E-state index in [1.807, 2.05) is 12.3 Å². The van der Waals surface area contributed by atoms with Crippen molar-refractivity contribution in [1.29, 1.82) is 0 Å². The summed E-state index contributed by atoms with van der Waals surface area (Å²) in [5, 5.41) is 2.95. The maximum Gasteiger partial charge on any atom is 0.122 e. The first-order chi connectivity index (χ1) is 8.77. The predicted molar refractivity (Wildman–Crippen MR) is 73.4 cm³/mol. The fraction of sp³-hybridized carbons (Fsp3) is 0.750. The van der Waals surface area contributed by atoms with Crippen LogP contribution in [0.15, 0.2) is 5.38 Å². The summed E-state index contributed by atoms with van der Waals surface area (Å²) in [6.45, 7) is 4.64. The highest BCUT2D eigenvalue weighted by molar-refractivity contribution is 7.09. The molecule has 1 aromatic rings. The minimum absolute atomic E-state index is 0.0194. The molecule has 6 heteroatoms. The largest absolute Gasteiger partial charge is 0.382 e. The number of rotatable bonds is 10. The quantitative estimate of drug-likeness (QED) is 0.491. The van der Waals surface area contributed by atoms with Crippen LogP contribution < -0.4 is 0 Å². The molecule has 1 atom stereocenters. The molecule has 0 saturated heterocycles. The van der Waals surface area contributed by atoms with Gasteiger partial charge in [-0.2, -0.15) is 0 Å². The zero-order valence-corrected chi connectivity index (χ0v) is 12.4. The summed E-state index contributed by atoms with van der Waals surface area (Å²) in [6.07, 6.45) is 0.896. The smallest absolute Gasteiger partial charge is 0.122 e. The van der Waals surface area contributed by atoms with Crippen LogP contribution in [0.25, 0.3) is 0 Å². The van der Waals surface area contributed by atoms with E-state index in [4.69, 9.17) is 25.8 Å². The second-order valence-electron chi connectivity index (χ2n) is 3.78. The minimum atomic E-state index is 0.0194. The standard InChI is InChI=1S/C12H20ClNO3S/c1-10(12-14-11(8-13)9-18-12)17-5-3-4-16-7-6-15-2/h9-10H,3-8H2,1-2H3. The maximum absolute atomic E-state index is 5.71. The zero-order chi connectivity index (χ0) is 13.2. The van der Waals surface area contributed by atoms with Crippen LogP contribution >= 0.6 is 22.9 Å². The second-order valence-corrected chi connectivity index (χ2v) is 4.94. The number of methoxy groups -OCH3 is 1. The summed E-state index contributed by atoms with van der Waals surface area (Å²) in [5.41, 5.74) is 0.912. The number of aromatic nitrogens is 1. The van der Waals surface area contributed by atoms with Crippen molar-refractivity contribution >= 4 is 22.9 Å². The van der Waals surface area contributed by atoms with Crippen LogP contribution in [0.4, 0.5) is 0 Å². The molecule has 1 unspecified atom stereocenters. The molecule has 0 aliphatic rings. The van der Waals surface area contributed by atoms with Crippen molar-refractivity contribution in [3.05, 3.63) is 16.1 Å². The summed E-state index contributed by atoms with van der Waals surface area (Å²) in [7, 11) is 1.66. The van der Waals surface area contributed by atoms with Gasteiger partial charge in [0.25, 0.3) is 0 Å². The Morgan fingerprint density at radius 1 is 1.33 bits per heavy atom. The molecule has 0 bridgehead atoms. The summed E-state index contributed by atoms with van der Waals surface area (Å²) in [6, 6.07) is 0. The molecule has 0 aliphatic heterocycles. The Morgan fingerprint density at radius 3 is 2.83 bits per heavy atom. The van der Waals surface area contributed by atoms with E-state index >= 15 is 0 Å². The van der Waals surface area contributed by atoms with Crippen LogP contribution in [0.3, 0.4) is 0 Å². The first-order valence-electron chi connectivity index (χ1n) is 5.96. The average molecular weight is 294 g/mol. The first-order valence-corrected chi connectivity index (χ1v) is 7.38. The summed E-state index contributed by atoms with van der Waals surface area (Å²) in [4.78, 5) is 4.38. The molecule has 1 rings (SSSR count). The molecule has 4 nitrogen and oxygen atoms in total. The number of alkyl halides is 1. The maximum atomic E-state index is 5.71. The third kappa shape index (κ3) is 6.11. The average Bonchev–Trinajstić information content (AvgIpc) is 2.86. The summed E-state index contributed by atoms with van der Waals surface area (Å²) < 4.78 is 15.9. The molecule has 0 amide bonds. The molecule has 1 heterocycles. The molecule has 104 valence electrons. The van der Waals surface area contributed by atoms with Crippen molar-refractivity contribution in [1.82, 2.24) is 4.98 Å². The number of halogens is 1. The molecule has 0 radical (unpaired) electrons. The lowest BCUT2D eigenvalue weighted by atomic mass is 10.4. The van der Waals surface area contributed by atoms with Gasteiger partial charge in [0, 0.05) is 25.7 Å². The van der Waals surface area contributed by atoms with Gasteiger partial charge < -0.3 is 14.2 Å². The van der Waals surface area contributed by atoms with Crippen LogP contribution in [0.1, 0.15) is 30.2 Å². The highest BCUT2D eigenvalue weighted by Crippen LogP contribution is 2.21. The monoisotopic (exact) mass is 293 g/mol. The lowest BCUT2D eigenvalue weighted by Crippen LogP contribution is -2.07. The van der Waals surface area contributed by atoms with Gasteiger partial charge in [-0.25, -0.2) is 4.98 Å². The molecule has 0 fully saturated rings. The van der Waals surface area contributed by atoms with E-state index in [0.717, 1.165) is 17.1 Å². The SMILES string of the molecule is COCCOCCCOC(C)c1nc(CCl)cs1. The zero-order valence-electron chi connectivity index (χ0n) is 10.9. The highest BCUT2D eigenvalue weighted by atomic mass is 35.5. The molecular weight excluding hydrogens is 274 g/mol. The van der Waals surface area contributed by atoms with E-state index < -0.39 is 0 Å². The van der Waals surface area contributed by atoms with Crippen LogP contribution in [0, 0.1) is 0 Å². The molecule has 0 aliphatic carbocycles. The second kappa shape index (κ2) is 9.69. The van der Waals surface area contributed by atoms with E-state index in [1.54, 1.807) is 18.4 Å². The van der Waals surface area contributed by atoms with Crippen molar-refractivity contribution < 1.29 is 14.2 Å². The third-order valence-electron chi connectivity index (χ3n) is 2.29. The molecular formula is C12H20ClNO3S. The Balaban J connectivity index is 2.08. The number of ether oxygens (including phenoxy) is 3. The Kier molecular flexibility index (Phi) is 8.54. The number of hydrogen-bond acceptors (Lipinski definition) is 5. The fourth-order valence-electron chi connectivity index (χ4n) is 1.31. The van der Waals surface area contributed by atoms with Gasteiger partial charge in [0.15, 0.2) is 0 Å². The van der Waals surface area contributed by atoms with E-state index in [1.165, 1.54) is 0 Å². The van der Waals surface area contributed by atoms with Crippen LogP contribution in [0.5, 0.6) is 0 Å². The van der Waals surface area contributed by atoms with Crippen molar-refractivity contribution in [2.75, 3.05) is 33.5 Å². The van der Waals surface area contributed by atoms with Crippen LogP contribution in [-0.4, -0.2) is 38.5 Å². The van der Waals surface area contributed by atoms with Gasteiger partial charge in [-0.1, -0.05) is 0 Å². The lowest BCUT2D eigenvalue weighted by molar-refractivity contribution is 0.0295. The summed E-state index contributed by atoms with van der Waals surface area (Å²) in [5.74, 6) is 0.455. The van der Waals surface area contributed by atoms with Crippen LogP contribution in [0.2, 0.25) is 0 Å². The molecule has 18 heavy (non-hydrogen) atoms. The molecule has 1 aromatic heterocycles. The Labute approximate surface area is 117 Å². The first kappa shape index (κ1) is 15.9. The Morgan fingerprint density at radius 2 is 2.17 bits per heavy atom. The topological polar surface area (TPSA) is 40.6 Å². The Bertz CT molecular complexity index is 322. The normalized spacial score (nSPS) is 12.8. The van der Waals surface area contributed by atoms with Crippen molar-refractivity contribution in [3.63, 3.8) is 0 Å². The number of nitrogens with zero attached hydrogens (tertiary/aromatic N) is 1. The minimum Gasteiger partial charge on any atom is -0.382 e. The van der Waals surface area contributed by atoms with E-state index in [2.05, 4.69) is 4.98 Å². The van der Waals surface area contributed by atoms with Gasteiger partial charge in [0.05, 0.1) is 24.8 Å². The van der Waals surface area contributed by atoms with Gasteiger partial charge in [-0.05, 0) is 13.3 Å². The van der Waals surface area contributed by atoms with Crippen molar-refractivity contribution in [2.45, 2.75) is 25.3 Å². The number of thiazole rings is 1. The predicted octanol–water partition coefficient (Wildman–Crippen LogP) is 3.01. The highest BCUT2D eigenvalue weighted by Gasteiger charge is 2.10. The van der Waals surface area contributed by atoms with Crippen molar-refractivity contribution in [3.8, 4) is 0 Å². The van der Waals surface area contributed by atoms with Gasteiger partial charge in [0.1, 0.15) is 11.1 Å². The van der Waals surface area contributed by atoms with Gasteiger partial charge in [-0.3, -0.25) is 0 Å². The molecule has 0 N–H and O–H groups in total. The fourth-order valence-corrected chi connectivity index (χ4v) is 2.36. The number of hydrogen-bond donors (Lipinski definition) is 0. The van der Waals surface area contributed by atoms with Crippen LogP contribution in [-0.2, 0) is 20.1 Å². The molecule has 0 spiro atoms. The van der Waals surface area contributed by atoms with Gasteiger partial charge in [-0.15, -0.1) is 22.9 Å². The lowest BCUT2D eigenvalue weighted by Gasteiger charge is -2.10. The van der Waals surface area contributed by atoms with Gasteiger partial charge >= 0.3 is 0 Å². The van der Waals surface area contributed by atoms with E-state index in [9.17, 15) is 0 Å². The van der Waals surface area contributed by atoms with E-state index in [0.29, 0.717) is 32.3 Å². The van der Waals surface area contributed by atoms with E-state index in [-0.39, 0.29) is 6.10 Å². The van der Waals surface area contributed by atoms with Gasteiger partial charge in [0.2, 0.25) is 0 Å². The summed E-state index contributed by atoms with van der Waals surface area (Å²) >= 11 is 7.30. The molecule has 0 saturated carbocycles. The van der Waals surface area contributed by atoms with Crippen molar-refractivity contribution in [2.24, 2.45) is 0 Å².